The van der Waals surface area contributed by atoms with Gasteiger partial charge in [-0.15, -0.1) is 0 Å². The van der Waals surface area contributed by atoms with Crippen molar-refractivity contribution in [2.24, 2.45) is 5.92 Å². The van der Waals surface area contributed by atoms with Gasteiger partial charge in [0.15, 0.2) is 9.84 Å². The van der Waals surface area contributed by atoms with Gasteiger partial charge in [0.1, 0.15) is 23.7 Å². The number of alkyl halides is 2. The Balaban J connectivity index is 1.95. The number of nitrogens with one attached hydrogen (secondary N) is 1. The summed E-state index contributed by atoms with van der Waals surface area (Å²) in [4.78, 5) is 11.7. The topological polar surface area (TPSA) is 83.5 Å². The van der Waals surface area contributed by atoms with Gasteiger partial charge in [-0.25, -0.2) is 17.2 Å². The van der Waals surface area contributed by atoms with E-state index in [4.69, 9.17) is 0 Å². The summed E-state index contributed by atoms with van der Waals surface area (Å²) >= 11 is 0. The highest BCUT2D eigenvalue weighted by molar-refractivity contribution is 7.91. The number of carbonyl (C=O) groups is 1. The van der Waals surface area contributed by atoms with Crippen LogP contribution in [-0.2, 0) is 20.6 Å². The van der Waals surface area contributed by atoms with Crippen molar-refractivity contribution in [3.8, 4) is 0 Å². The van der Waals surface area contributed by atoms with Crippen molar-refractivity contribution in [1.82, 2.24) is 5.32 Å². The Morgan fingerprint density at radius 1 is 1.03 bits per heavy atom. The second-order valence-electron chi connectivity index (χ2n) is 7.69. The Labute approximate surface area is 177 Å². The standard InChI is InChI=1S/C21H21F4NO4S/c22-16-7-3-14(4-8-16)19(21(24,25)15-5-9-17(23)10-6-15)26-18(20(27)28)12-31(29,30)11-13-1-2-13/h3-10,13,18-19,26H,1-2,11-12H2,(H,27,28)/t18-,19-/m0/s1. The summed E-state index contributed by atoms with van der Waals surface area (Å²) in [5, 5.41) is 11.8. The van der Waals surface area contributed by atoms with Gasteiger partial charge in [-0.05, 0) is 48.6 Å². The number of sulfone groups is 1. The third-order valence-corrected chi connectivity index (χ3v) is 6.89. The first-order chi connectivity index (χ1) is 14.5. The average molecular weight is 459 g/mol. The van der Waals surface area contributed by atoms with E-state index in [1.54, 1.807) is 0 Å². The van der Waals surface area contributed by atoms with Crippen LogP contribution < -0.4 is 5.32 Å². The molecule has 3 rings (SSSR count). The van der Waals surface area contributed by atoms with E-state index in [9.17, 15) is 27.1 Å². The Hall–Kier alpha value is -2.46. The molecule has 0 aromatic heterocycles. The van der Waals surface area contributed by atoms with Crippen molar-refractivity contribution in [2.75, 3.05) is 11.5 Å². The van der Waals surface area contributed by atoms with Crippen molar-refractivity contribution >= 4 is 15.8 Å². The third kappa shape index (κ3) is 6.04. The van der Waals surface area contributed by atoms with Crippen LogP contribution in [0.1, 0.15) is 30.0 Å². The number of halogens is 4. The Morgan fingerprint density at radius 3 is 2.03 bits per heavy atom. The maximum atomic E-state index is 15.4. The van der Waals surface area contributed by atoms with Crippen LogP contribution in [0.5, 0.6) is 0 Å². The van der Waals surface area contributed by atoms with Crippen molar-refractivity contribution in [1.29, 1.82) is 0 Å². The van der Waals surface area contributed by atoms with E-state index in [1.165, 1.54) is 0 Å². The molecule has 1 aliphatic rings. The highest BCUT2D eigenvalue weighted by atomic mass is 32.2. The van der Waals surface area contributed by atoms with E-state index in [1.807, 2.05) is 0 Å². The zero-order valence-electron chi connectivity index (χ0n) is 16.3. The first-order valence-corrected chi connectivity index (χ1v) is 11.4. The van der Waals surface area contributed by atoms with Crippen LogP contribution in [0.25, 0.3) is 0 Å². The number of hydrogen-bond donors (Lipinski definition) is 2. The van der Waals surface area contributed by atoms with Gasteiger partial charge in [0.05, 0.1) is 11.5 Å². The molecule has 0 amide bonds. The highest BCUT2D eigenvalue weighted by Gasteiger charge is 2.45. The third-order valence-electron chi connectivity index (χ3n) is 5.07. The maximum absolute atomic E-state index is 15.4. The van der Waals surface area contributed by atoms with Crippen LogP contribution in [0.4, 0.5) is 17.6 Å². The zero-order valence-corrected chi connectivity index (χ0v) is 17.1. The van der Waals surface area contributed by atoms with Crippen LogP contribution in [0.3, 0.4) is 0 Å². The van der Waals surface area contributed by atoms with Crippen LogP contribution >= 0.6 is 0 Å². The van der Waals surface area contributed by atoms with Gasteiger partial charge in [0, 0.05) is 5.56 Å². The van der Waals surface area contributed by atoms with Gasteiger partial charge in [0.25, 0.3) is 5.92 Å². The van der Waals surface area contributed by atoms with E-state index in [0.29, 0.717) is 0 Å². The molecule has 2 aromatic carbocycles. The fourth-order valence-electron chi connectivity index (χ4n) is 3.26. The molecule has 5 nitrogen and oxygen atoms in total. The average Bonchev–Trinajstić information content (AvgIpc) is 3.49. The molecule has 31 heavy (non-hydrogen) atoms. The highest BCUT2D eigenvalue weighted by Crippen LogP contribution is 2.41. The van der Waals surface area contributed by atoms with E-state index in [0.717, 1.165) is 61.4 Å². The molecule has 0 bridgehead atoms. The molecule has 1 aliphatic carbocycles. The van der Waals surface area contributed by atoms with E-state index >= 15 is 8.78 Å². The summed E-state index contributed by atoms with van der Waals surface area (Å²) in [5.74, 6) is -7.90. The molecule has 0 saturated heterocycles. The molecule has 0 heterocycles. The summed E-state index contributed by atoms with van der Waals surface area (Å²) in [6, 6.07) is 3.53. The smallest absolute Gasteiger partial charge is 0.321 e. The normalized spacial score (nSPS) is 16.6. The first kappa shape index (κ1) is 23.2. The van der Waals surface area contributed by atoms with Gasteiger partial charge < -0.3 is 5.11 Å². The number of hydrogen-bond acceptors (Lipinski definition) is 4. The second-order valence-corrected chi connectivity index (χ2v) is 9.85. The van der Waals surface area contributed by atoms with Crippen LogP contribution in [0, 0.1) is 17.6 Å². The lowest BCUT2D eigenvalue weighted by Gasteiger charge is -2.31. The summed E-state index contributed by atoms with van der Waals surface area (Å²) < 4.78 is 82.0. The van der Waals surface area contributed by atoms with Gasteiger partial charge in [-0.3, -0.25) is 10.1 Å². The van der Waals surface area contributed by atoms with Crippen molar-refractivity contribution in [2.45, 2.75) is 30.8 Å². The molecule has 0 radical (unpaired) electrons. The zero-order chi connectivity index (χ0) is 22.8. The largest absolute Gasteiger partial charge is 0.480 e. The van der Waals surface area contributed by atoms with Crippen LogP contribution in [0.2, 0.25) is 0 Å². The number of carboxylic acid groups (broad SMARTS) is 1. The van der Waals surface area contributed by atoms with E-state index in [-0.39, 0.29) is 17.2 Å². The molecule has 0 aliphatic heterocycles. The molecule has 1 saturated carbocycles. The van der Waals surface area contributed by atoms with E-state index in [2.05, 4.69) is 5.32 Å². The number of carboxylic acids is 1. The maximum Gasteiger partial charge on any atom is 0.321 e. The molecular formula is C21H21F4NO4S. The molecule has 2 atom stereocenters. The van der Waals surface area contributed by atoms with Crippen LogP contribution in [-0.4, -0.2) is 37.0 Å². The molecule has 2 N–H and O–H groups in total. The Morgan fingerprint density at radius 2 is 1.55 bits per heavy atom. The first-order valence-electron chi connectivity index (χ1n) is 9.56. The van der Waals surface area contributed by atoms with Gasteiger partial charge >= 0.3 is 5.97 Å². The fourth-order valence-corrected chi connectivity index (χ4v) is 5.20. The quantitative estimate of drug-likeness (QED) is 0.530. The monoisotopic (exact) mass is 459 g/mol. The lowest BCUT2D eigenvalue weighted by atomic mass is 9.94. The van der Waals surface area contributed by atoms with Gasteiger partial charge in [0.2, 0.25) is 0 Å². The second kappa shape index (κ2) is 8.96. The minimum Gasteiger partial charge on any atom is -0.480 e. The molecule has 1 fully saturated rings. The molecule has 10 heteroatoms. The number of benzene rings is 2. The molecule has 2 aromatic rings. The summed E-state index contributed by atoms with van der Waals surface area (Å²) in [5.41, 5.74) is -0.762. The van der Waals surface area contributed by atoms with Crippen molar-refractivity contribution in [3.63, 3.8) is 0 Å². The van der Waals surface area contributed by atoms with Crippen molar-refractivity contribution < 1.29 is 35.9 Å². The Kier molecular flexibility index (Phi) is 6.70. The fraction of sp³-hybridized carbons (Fsp3) is 0.381. The Bertz CT molecular complexity index is 1020. The predicted molar refractivity (Wildman–Crippen MR) is 105 cm³/mol. The van der Waals surface area contributed by atoms with E-state index < -0.39 is 56.8 Å². The lowest BCUT2D eigenvalue weighted by Crippen LogP contribution is -2.48. The van der Waals surface area contributed by atoms with Crippen molar-refractivity contribution in [3.05, 3.63) is 71.3 Å². The predicted octanol–water partition coefficient (Wildman–Crippen LogP) is 3.67. The SMILES string of the molecule is O=C(O)[C@H](CS(=O)(=O)CC1CC1)N[C@@H](c1ccc(F)cc1)C(F)(F)c1ccc(F)cc1. The molecule has 0 unspecified atom stereocenters. The minimum atomic E-state index is -3.81. The molecular weight excluding hydrogens is 438 g/mol. The molecule has 168 valence electrons. The number of aliphatic carboxylic acids is 1. The summed E-state index contributed by atoms with van der Waals surface area (Å²) in [6.07, 6.45) is 1.45. The summed E-state index contributed by atoms with van der Waals surface area (Å²) in [7, 11) is -3.81. The minimum absolute atomic E-state index is 0.0343. The van der Waals surface area contributed by atoms with Crippen LogP contribution in [0.15, 0.2) is 48.5 Å². The van der Waals surface area contributed by atoms with Gasteiger partial charge in [-0.1, -0.05) is 24.3 Å². The molecule has 0 spiro atoms. The lowest BCUT2D eigenvalue weighted by molar-refractivity contribution is -0.140. The van der Waals surface area contributed by atoms with Gasteiger partial charge in [-0.2, -0.15) is 8.78 Å². The summed E-state index contributed by atoms with van der Waals surface area (Å²) in [6.45, 7) is 0. The number of rotatable bonds is 10.